The molecule has 1 amide bonds. The molecule has 0 aliphatic carbocycles. The van der Waals surface area contributed by atoms with Crippen molar-refractivity contribution in [1.82, 2.24) is 34.2 Å². The second kappa shape index (κ2) is 8.11. The van der Waals surface area contributed by atoms with Crippen molar-refractivity contribution in [2.45, 2.75) is 19.0 Å². The lowest BCUT2D eigenvalue weighted by Crippen LogP contribution is -2.32. The molecule has 154 valence electrons. The van der Waals surface area contributed by atoms with Gasteiger partial charge in [0.15, 0.2) is 5.65 Å². The van der Waals surface area contributed by atoms with E-state index in [2.05, 4.69) is 20.4 Å². The summed E-state index contributed by atoms with van der Waals surface area (Å²) in [6, 6.07) is 6.81. The van der Waals surface area contributed by atoms with E-state index in [-0.39, 0.29) is 24.4 Å². The van der Waals surface area contributed by atoms with Crippen molar-refractivity contribution >= 4 is 28.5 Å². The number of rotatable bonds is 6. The van der Waals surface area contributed by atoms with Crippen molar-refractivity contribution in [3.8, 4) is 0 Å². The van der Waals surface area contributed by atoms with E-state index in [0.29, 0.717) is 21.9 Å². The van der Waals surface area contributed by atoms with E-state index < -0.39 is 6.04 Å². The van der Waals surface area contributed by atoms with Crippen LogP contribution >= 0.6 is 11.6 Å². The van der Waals surface area contributed by atoms with Gasteiger partial charge in [0.05, 0.1) is 12.5 Å². The first-order valence-electron chi connectivity index (χ1n) is 9.33. The van der Waals surface area contributed by atoms with Gasteiger partial charge in [0.1, 0.15) is 17.3 Å². The van der Waals surface area contributed by atoms with E-state index in [1.807, 2.05) is 29.9 Å². The molecule has 9 nitrogen and oxygen atoms in total. The fraction of sp³-hybridized carbons (Fsp3) is 0.250. The lowest BCUT2D eigenvalue weighted by molar-refractivity contribution is -0.121. The molecule has 0 fully saturated rings. The fourth-order valence-electron chi connectivity index (χ4n) is 3.29. The summed E-state index contributed by atoms with van der Waals surface area (Å²) < 4.78 is 4.81. The molecule has 4 aromatic rings. The Hall–Kier alpha value is -3.46. The average molecular weight is 426 g/mol. The number of aromatic nitrogens is 6. The number of carbonyl (C=O) groups is 1. The molecule has 0 radical (unpaired) electrons. The Morgan fingerprint density at radius 1 is 1.20 bits per heavy atom. The zero-order valence-corrected chi connectivity index (χ0v) is 17.2. The highest BCUT2D eigenvalue weighted by Gasteiger charge is 2.21. The predicted octanol–water partition coefficient (Wildman–Crippen LogP) is 1.81. The Kier molecular flexibility index (Phi) is 5.37. The van der Waals surface area contributed by atoms with Crippen LogP contribution in [-0.4, -0.2) is 34.8 Å². The van der Waals surface area contributed by atoms with E-state index in [4.69, 9.17) is 11.6 Å². The molecule has 1 N–H and O–H groups in total. The van der Waals surface area contributed by atoms with Gasteiger partial charge in [-0.15, -0.1) is 0 Å². The number of fused-ring (bicyclic) bond motifs is 1. The van der Waals surface area contributed by atoms with Crippen molar-refractivity contribution in [2.24, 2.45) is 14.1 Å². The van der Waals surface area contributed by atoms with Crippen LogP contribution in [0.15, 0.2) is 54.0 Å². The number of carbonyl (C=O) groups excluding carboxylic acids is 1. The van der Waals surface area contributed by atoms with E-state index in [9.17, 15) is 9.59 Å². The Bertz CT molecular complexity index is 1260. The van der Waals surface area contributed by atoms with Crippen LogP contribution in [0, 0.1) is 0 Å². The maximum atomic E-state index is 12.7. The maximum Gasteiger partial charge on any atom is 0.264 e. The Balaban J connectivity index is 1.52. The second-order valence-corrected chi connectivity index (χ2v) is 7.38. The Labute approximate surface area is 176 Å². The van der Waals surface area contributed by atoms with Gasteiger partial charge >= 0.3 is 0 Å². The van der Waals surface area contributed by atoms with Crippen LogP contribution in [0.4, 0.5) is 0 Å². The van der Waals surface area contributed by atoms with Crippen molar-refractivity contribution in [3.05, 3.63) is 75.9 Å². The Morgan fingerprint density at radius 2 is 1.97 bits per heavy atom. The lowest BCUT2D eigenvalue weighted by atomic mass is 10.1. The molecule has 0 aliphatic rings. The zero-order chi connectivity index (χ0) is 21.3. The van der Waals surface area contributed by atoms with Gasteiger partial charge in [-0.1, -0.05) is 23.7 Å². The number of amides is 1. The topological polar surface area (TPSA) is 99.6 Å². The molecule has 4 rings (SSSR count). The monoisotopic (exact) mass is 425 g/mol. The summed E-state index contributed by atoms with van der Waals surface area (Å²) in [6.45, 7) is 0.205. The van der Waals surface area contributed by atoms with Crippen LogP contribution in [0.1, 0.15) is 23.9 Å². The molecule has 3 aromatic heterocycles. The summed E-state index contributed by atoms with van der Waals surface area (Å²) >= 11 is 6.00. The van der Waals surface area contributed by atoms with Crippen LogP contribution in [0.2, 0.25) is 5.02 Å². The molecule has 0 unspecified atom stereocenters. The molecular weight excluding hydrogens is 406 g/mol. The normalized spacial score (nSPS) is 12.2. The number of nitrogens with one attached hydrogen (secondary N) is 1. The number of aryl methyl sites for hydroxylation is 3. The van der Waals surface area contributed by atoms with Crippen LogP contribution in [-0.2, 0) is 25.4 Å². The second-order valence-electron chi connectivity index (χ2n) is 6.95. The molecule has 10 heteroatoms. The van der Waals surface area contributed by atoms with Crippen LogP contribution in [0.3, 0.4) is 0 Å². The van der Waals surface area contributed by atoms with Crippen molar-refractivity contribution in [1.29, 1.82) is 0 Å². The Morgan fingerprint density at radius 3 is 2.67 bits per heavy atom. The van der Waals surface area contributed by atoms with Gasteiger partial charge in [0.25, 0.3) is 5.56 Å². The van der Waals surface area contributed by atoms with Crippen LogP contribution in [0.25, 0.3) is 11.0 Å². The molecule has 3 heterocycles. The highest BCUT2D eigenvalue weighted by Crippen LogP contribution is 2.22. The quantitative estimate of drug-likeness (QED) is 0.508. The maximum absolute atomic E-state index is 12.7. The summed E-state index contributed by atoms with van der Waals surface area (Å²) in [5.74, 6) is 0.484. The lowest BCUT2D eigenvalue weighted by Gasteiger charge is -2.19. The van der Waals surface area contributed by atoms with Crippen molar-refractivity contribution in [2.75, 3.05) is 0 Å². The van der Waals surface area contributed by atoms with E-state index >= 15 is 0 Å². The fourth-order valence-corrected chi connectivity index (χ4v) is 3.41. The third kappa shape index (κ3) is 3.84. The number of halogens is 1. The predicted molar refractivity (Wildman–Crippen MR) is 112 cm³/mol. The average Bonchev–Trinajstić information content (AvgIpc) is 3.32. The molecule has 0 saturated carbocycles. The minimum absolute atomic E-state index is 0.113. The van der Waals surface area contributed by atoms with Crippen molar-refractivity contribution < 1.29 is 4.79 Å². The molecule has 0 aliphatic heterocycles. The van der Waals surface area contributed by atoms with Gasteiger partial charge in [0, 0.05) is 44.5 Å². The molecular formula is C20H20ClN7O2. The highest BCUT2D eigenvalue weighted by molar-refractivity contribution is 6.30. The van der Waals surface area contributed by atoms with E-state index in [0.717, 1.165) is 5.56 Å². The molecule has 30 heavy (non-hydrogen) atoms. The molecule has 1 aromatic carbocycles. The number of imidazole rings is 1. The van der Waals surface area contributed by atoms with Gasteiger partial charge in [0.2, 0.25) is 5.91 Å². The van der Waals surface area contributed by atoms with Crippen LogP contribution < -0.4 is 10.9 Å². The number of benzene rings is 1. The smallest absolute Gasteiger partial charge is 0.264 e. The first-order valence-corrected chi connectivity index (χ1v) is 9.71. The zero-order valence-electron chi connectivity index (χ0n) is 16.5. The highest BCUT2D eigenvalue weighted by atomic mass is 35.5. The SMILES string of the molecule is Cn1ccnc1[C@@H](NC(=O)CCn1cnc2c(cnn2C)c1=O)c1ccc(Cl)cc1. The number of hydrogen-bond acceptors (Lipinski definition) is 5. The third-order valence-corrected chi connectivity index (χ3v) is 5.18. The standard InChI is InChI=1S/C20H20ClN7O2/c1-26-10-8-22-19(26)17(13-3-5-14(21)6-4-13)25-16(29)7-9-28-12-23-18-15(20(28)30)11-24-27(18)2/h3-6,8,10-12,17H,7,9H2,1-2H3,(H,25,29)/t17-/m0/s1. The number of nitrogens with zero attached hydrogens (tertiary/aromatic N) is 6. The minimum atomic E-state index is -0.439. The molecule has 1 atom stereocenters. The number of hydrogen-bond donors (Lipinski definition) is 1. The summed E-state index contributed by atoms with van der Waals surface area (Å²) in [5, 5.41) is 8.10. The van der Waals surface area contributed by atoms with Crippen molar-refractivity contribution in [3.63, 3.8) is 0 Å². The summed E-state index contributed by atoms with van der Waals surface area (Å²) in [6.07, 6.45) is 6.54. The third-order valence-electron chi connectivity index (χ3n) is 4.92. The van der Waals surface area contributed by atoms with E-state index in [1.54, 1.807) is 25.4 Å². The van der Waals surface area contributed by atoms with Gasteiger partial charge in [-0.3, -0.25) is 18.8 Å². The summed E-state index contributed by atoms with van der Waals surface area (Å²) in [5.41, 5.74) is 1.15. The van der Waals surface area contributed by atoms with Crippen LogP contribution in [0.5, 0.6) is 0 Å². The summed E-state index contributed by atoms with van der Waals surface area (Å²) in [7, 11) is 3.59. The molecule has 0 spiro atoms. The first-order chi connectivity index (χ1) is 14.4. The minimum Gasteiger partial charge on any atom is -0.342 e. The first kappa shape index (κ1) is 19.8. The largest absolute Gasteiger partial charge is 0.342 e. The summed E-state index contributed by atoms with van der Waals surface area (Å²) in [4.78, 5) is 33.9. The van der Waals surface area contributed by atoms with Gasteiger partial charge in [-0.25, -0.2) is 9.97 Å². The molecule has 0 bridgehead atoms. The van der Waals surface area contributed by atoms with E-state index in [1.165, 1.54) is 21.8 Å². The van der Waals surface area contributed by atoms with Gasteiger partial charge in [-0.05, 0) is 17.7 Å². The van der Waals surface area contributed by atoms with Gasteiger partial charge < -0.3 is 9.88 Å². The van der Waals surface area contributed by atoms with Gasteiger partial charge in [-0.2, -0.15) is 5.10 Å². The molecule has 0 saturated heterocycles.